The van der Waals surface area contributed by atoms with Crippen LogP contribution in [0.1, 0.15) is 15.9 Å². The molecule has 5 nitrogen and oxygen atoms in total. The lowest BCUT2D eigenvalue weighted by atomic mass is 10.1. The molecule has 3 aromatic carbocycles. The van der Waals surface area contributed by atoms with Crippen LogP contribution >= 0.6 is 15.9 Å². The third-order valence-corrected chi connectivity index (χ3v) is 4.82. The minimum absolute atomic E-state index is 0.232. The topological polar surface area (TPSA) is 64.4 Å². The number of rotatable bonds is 4. The van der Waals surface area contributed by atoms with Gasteiger partial charge in [0, 0.05) is 15.6 Å². The first-order chi connectivity index (χ1) is 13.5. The number of ether oxygens (including phenoxy) is 1. The molecule has 0 fully saturated rings. The molecule has 0 atom stereocenters. The van der Waals surface area contributed by atoms with Gasteiger partial charge in [-0.2, -0.15) is 0 Å². The molecule has 0 radical (unpaired) electrons. The summed E-state index contributed by atoms with van der Waals surface area (Å²) in [7, 11) is 1.56. The second kappa shape index (κ2) is 7.48. The van der Waals surface area contributed by atoms with Crippen molar-refractivity contribution in [1.29, 1.82) is 0 Å². The zero-order chi connectivity index (χ0) is 19.7. The fourth-order valence-corrected chi connectivity index (χ4v) is 3.32. The molecule has 0 aliphatic carbocycles. The molecule has 0 aliphatic rings. The summed E-state index contributed by atoms with van der Waals surface area (Å²) in [4.78, 5) is 17.2. The highest BCUT2D eigenvalue weighted by atomic mass is 79.9. The average molecular weight is 437 g/mol. The number of fused-ring (bicyclic) bond motifs is 1. The number of anilines is 1. The first-order valence-electron chi connectivity index (χ1n) is 8.66. The Morgan fingerprint density at radius 2 is 1.96 bits per heavy atom. The molecule has 1 N–H and O–H groups in total. The lowest BCUT2D eigenvalue weighted by Gasteiger charge is -2.11. The third kappa shape index (κ3) is 3.64. The quantitative estimate of drug-likeness (QED) is 0.437. The fourth-order valence-electron chi connectivity index (χ4n) is 2.92. The highest BCUT2D eigenvalue weighted by Crippen LogP contribution is 2.32. The molecule has 6 heteroatoms. The van der Waals surface area contributed by atoms with Gasteiger partial charge in [0.1, 0.15) is 11.3 Å². The number of hydrogen-bond acceptors (Lipinski definition) is 4. The molecule has 1 heterocycles. The zero-order valence-electron chi connectivity index (χ0n) is 15.3. The molecular weight excluding hydrogens is 420 g/mol. The summed E-state index contributed by atoms with van der Waals surface area (Å²) < 4.78 is 12.1. The number of nitrogens with one attached hydrogen (secondary N) is 1. The van der Waals surface area contributed by atoms with Crippen LogP contribution < -0.4 is 10.1 Å². The molecular formula is C22H17BrN2O3. The lowest BCUT2D eigenvalue weighted by molar-refractivity contribution is 0.102. The molecule has 0 saturated heterocycles. The van der Waals surface area contributed by atoms with Crippen LogP contribution in [-0.2, 0) is 0 Å². The number of oxazole rings is 1. The summed E-state index contributed by atoms with van der Waals surface area (Å²) >= 11 is 3.38. The Hall–Kier alpha value is -3.12. The monoisotopic (exact) mass is 436 g/mol. The van der Waals surface area contributed by atoms with Crippen molar-refractivity contribution >= 4 is 38.6 Å². The van der Waals surface area contributed by atoms with Gasteiger partial charge >= 0.3 is 0 Å². The Balaban J connectivity index is 1.69. The fraction of sp³-hybridized carbons (Fsp3) is 0.0909. The van der Waals surface area contributed by atoms with Gasteiger partial charge in [-0.1, -0.05) is 28.1 Å². The summed E-state index contributed by atoms with van der Waals surface area (Å²) in [6, 6.07) is 18.5. The Morgan fingerprint density at radius 1 is 1.11 bits per heavy atom. The van der Waals surface area contributed by atoms with Crippen molar-refractivity contribution in [3.05, 3.63) is 76.3 Å². The van der Waals surface area contributed by atoms with Gasteiger partial charge in [-0.05, 0) is 61.0 Å². The maximum absolute atomic E-state index is 12.6. The molecule has 0 aliphatic heterocycles. The van der Waals surface area contributed by atoms with E-state index in [-0.39, 0.29) is 5.91 Å². The number of hydrogen-bond donors (Lipinski definition) is 1. The van der Waals surface area contributed by atoms with Crippen LogP contribution in [0.3, 0.4) is 0 Å². The maximum atomic E-state index is 12.6. The highest BCUT2D eigenvalue weighted by Gasteiger charge is 2.14. The molecule has 0 unspecified atom stereocenters. The summed E-state index contributed by atoms with van der Waals surface area (Å²) in [6.07, 6.45) is 0. The van der Waals surface area contributed by atoms with Gasteiger partial charge in [0.05, 0.1) is 12.8 Å². The second-order valence-corrected chi connectivity index (χ2v) is 7.29. The van der Waals surface area contributed by atoms with Gasteiger partial charge < -0.3 is 14.5 Å². The van der Waals surface area contributed by atoms with Crippen molar-refractivity contribution in [3.8, 4) is 17.2 Å². The van der Waals surface area contributed by atoms with Crippen molar-refractivity contribution < 1.29 is 13.9 Å². The zero-order valence-corrected chi connectivity index (χ0v) is 16.9. The predicted molar refractivity (Wildman–Crippen MR) is 113 cm³/mol. The first-order valence-corrected chi connectivity index (χ1v) is 9.45. The molecule has 140 valence electrons. The van der Waals surface area contributed by atoms with E-state index in [9.17, 15) is 4.79 Å². The van der Waals surface area contributed by atoms with E-state index in [1.54, 1.807) is 31.4 Å². The number of carbonyl (C=O) groups is 1. The summed E-state index contributed by atoms with van der Waals surface area (Å²) in [6.45, 7) is 2.01. The second-order valence-electron chi connectivity index (χ2n) is 6.37. The smallest absolute Gasteiger partial charge is 0.255 e. The van der Waals surface area contributed by atoms with E-state index in [1.807, 2.05) is 43.3 Å². The van der Waals surface area contributed by atoms with Gasteiger partial charge in [0.2, 0.25) is 5.89 Å². The molecule has 4 aromatic rings. The van der Waals surface area contributed by atoms with Gasteiger partial charge in [-0.25, -0.2) is 4.98 Å². The standard InChI is InChI=1S/C22H17BrN2O3/c1-13-6-8-20-17(10-13)25-22(28-20)15-7-9-19(27-2)18(12-15)24-21(26)14-4-3-5-16(23)11-14/h3-12H,1-2H3,(H,24,26). The van der Waals surface area contributed by atoms with Gasteiger partial charge in [-0.15, -0.1) is 0 Å². The first kappa shape index (κ1) is 18.3. The molecule has 0 saturated carbocycles. The van der Waals surface area contributed by atoms with Crippen LogP contribution in [0.4, 0.5) is 5.69 Å². The van der Waals surface area contributed by atoms with Crippen LogP contribution in [0.5, 0.6) is 5.75 Å². The minimum atomic E-state index is -0.232. The SMILES string of the molecule is COc1ccc(-c2nc3cc(C)ccc3o2)cc1NC(=O)c1cccc(Br)c1. The minimum Gasteiger partial charge on any atom is -0.495 e. The van der Waals surface area contributed by atoms with E-state index in [0.29, 0.717) is 22.9 Å². The Bertz CT molecular complexity index is 1180. The number of methoxy groups -OCH3 is 1. The van der Waals surface area contributed by atoms with Gasteiger partial charge in [-0.3, -0.25) is 4.79 Å². The van der Waals surface area contributed by atoms with Crippen molar-refractivity contribution in [2.75, 3.05) is 12.4 Å². The van der Waals surface area contributed by atoms with Crippen LogP contribution in [0, 0.1) is 6.92 Å². The number of halogens is 1. The molecule has 0 spiro atoms. The molecule has 1 aromatic heterocycles. The molecule has 1 amide bonds. The Kier molecular flexibility index (Phi) is 4.88. The molecule has 0 bridgehead atoms. The Labute approximate surface area is 170 Å². The van der Waals surface area contributed by atoms with Crippen molar-refractivity contribution in [1.82, 2.24) is 4.98 Å². The van der Waals surface area contributed by atoms with Crippen LogP contribution in [-0.4, -0.2) is 18.0 Å². The number of nitrogens with zero attached hydrogens (tertiary/aromatic N) is 1. The Morgan fingerprint density at radius 3 is 2.75 bits per heavy atom. The number of amides is 1. The highest BCUT2D eigenvalue weighted by molar-refractivity contribution is 9.10. The number of carbonyl (C=O) groups excluding carboxylic acids is 1. The largest absolute Gasteiger partial charge is 0.495 e. The van der Waals surface area contributed by atoms with Crippen molar-refractivity contribution in [2.24, 2.45) is 0 Å². The van der Waals surface area contributed by atoms with Crippen LogP contribution in [0.15, 0.2) is 69.6 Å². The van der Waals surface area contributed by atoms with Crippen LogP contribution in [0.25, 0.3) is 22.6 Å². The van der Waals surface area contributed by atoms with E-state index in [1.165, 1.54) is 0 Å². The number of aryl methyl sites for hydroxylation is 1. The predicted octanol–water partition coefficient (Wildman–Crippen LogP) is 5.83. The number of aromatic nitrogens is 1. The summed E-state index contributed by atoms with van der Waals surface area (Å²) in [5.74, 6) is 0.810. The van der Waals surface area contributed by atoms with E-state index in [2.05, 4.69) is 26.2 Å². The molecule has 4 rings (SSSR count). The van der Waals surface area contributed by atoms with E-state index < -0.39 is 0 Å². The van der Waals surface area contributed by atoms with Crippen molar-refractivity contribution in [3.63, 3.8) is 0 Å². The van der Waals surface area contributed by atoms with Gasteiger partial charge in [0.15, 0.2) is 5.58 Å². The lowest BCUT2D eigenvalue weighted by Crippen LogP contribution is -2.12. The summed E-state index contributed by atoms with van der Waals surface area (Å²) in [5, 5.41) is 2.90. The number of benzene rings is 3. The van der Waals surface area contributed by atoms with Crippen LogP contribution in [0.2, 0.25) is 0 Å². The third-order valence-electron chi connectivity index (χ3n) is 4.32. The van der Waals surface area contributed by atoms with E-state index >= 15 is 0 Å². The maximum Gasteiger partial charge on any atom is 0.255 e. The average Bonchev–Trinajstić information content (AvgIpc) is 3.11. The van der Waals surface area contributed by atoms with E-state index in [4.69, 9.17) is 9.15 Å². The van der Waals surface area contributed by atoms with Crippen molar-refractivity contribution in [2.45, 2.75) is 6.92 Å². The summed E-state index contributed by atoms with van der Waals surface area (Å²) in [5.41, 5.74) is 4.47. The van der Waals surface area contributed by atoms with E-state index in [0.717, 1.165) is 26.7 Å². The normalized spacial score (nSPS) is 10.8. The molecule has 28 heavy (non-hydrogen) atoms. The van der Waals surface area contributed by atoms with Gasteiger partial charge in [0.25, 0.3) is 5.91 Å².